The molecule has 0 aliphatic carbocycles. The fraction of sp³-hybridized carbons (Fsp3) is 0.889. The van der Waals surface area contributed by atoms with E-state index < -0.39 is 0 Å². The lowest BCUT2D eigenvalue weighted by Gasteiger charge is -2.32. The number of aliphatic imine (C=N–C) groups is 1. The van der Waals surface area contributed by atoms with Gasteiger partial charge in [0.1, 0.15) is 0 Å². The third-order valence-electron chi connectivity index (χ3n) is 1.65. The van der Waals surface area contributed by atoms with Crippen molar-refractivity contribution in [3.63, 3.8) is 0 Å². The van der Waals surface area contributed by atoms with Gasteiger partial charge in [0.2, 0.25) is 0 Å². The van der Waals surface area contributed by atoms with E-state index in [1.54, 1.807) is 0 Å². The molecule has 0 saturated carbocycles. The molecule has 12 heavy (non-hydrogen) atoms. The first-order valence-electron chi connectivity index (χ1n) is 4.40. The van der Waals surface area contributed by atoms with Crippen LogP contribution in [0.2, 0.25) is 0 Å². The zero-order chi connectivity index (χ0) is 9.61. The summed E-state index contributed by atoms with van der Waals surface area (Å²) in [5.41, 5.74) is 0.119. The number of nitrogens with zero attached hydrogens (tertiary/aromatic N) is 2. The van der Waals surface area contributed by atoms with Crippen molar-refractivity contribution in [1.82, 2.24) is 4.90 Å². The fourth-order valence-electron chi connectivity index (χ4n) is 0.943. The summed E-state index contributed by atoms with van der Waals surface area (Å²) >= 11 is 0. The molecule has 0 saturated heterocycles. The second-order valence-electron chi connectivity index (χ2n) is 3.70. The van der Waals surface area contributed by atoms with E-state index in [-0.39, 0.29) is 12.1 Å². The van der Waals surface area contributed by atoms with Crippen molar-refractivity contribution >= 4 is 6.34 Å². The van der Waals surface area contributed by atoms with Crippen LogP contribution in [0.15, 0.2) is 4.99 Å². The first-order valence-corrected chi connectivity index (χ1v) is 4.40. The van der Waals surface area contributed by atoms with Gasteiger partial charge < -0.3 is 10.0 Å². The van der Waals surface area contributed by atoms with Crippen LogP contribution in [0.1, 0.15) is 27.7 Å². The molecule has 0 rings (SSSR count). The molecule has 0 aliphatic heterocycles. The fourth-order valence-corrected chi connectivity index (χ4v) is 0.943. The predicted octanol–water partition coefficient (Wildman–Crippen LogP) is 1.13. The smallest absolute Gasteiger partial charge is 0.0855 e. The van der Waals surface area contributed by atoms with Crippen LogP contribution in [0.3, 0.4) is 0 Å². The predicted molar refractivity (Wildman–Crippen MR) is 52.6 cm³/mol. The Morgan fingerprint density at radius 1 is 1.42 bits per heavy atom. The van der Waals surface area contributed by atoms with Crippen molar-refractivity contribution in [2.45, 2.75) is 33.2 Å². The van der Waals surface area contributed by atoms with Crippen LogP contribution < -0.4 is 0 Å². The molecule has 0 spiro atoms. The normalized spacial score (nSPS) is 12.4. The van der Waals surface area contributed by atoms with E-state index >= 15 is 0 Å². The van der Waals surface area contributed by atoms with Gasteiger partial charge >= 0.3 is 0 Å². The number of rotatable bonds is 4. The van der Waals surface area contributed by atoms with Crippen molar-refractivity contribution in [3.05, 3.63) is 0 Å². The number of hydrogen-bond acceptors (Lipinski definition) is 2. The summed E-state index contributed by atoms with van der Waals surface area (Å²) in [4.78, 5) is 6.22. The first-order chi connectivity index (χ1) is 5.52. The Kier molecular flexibility index (Phi) is 4.90. The highest BCUT2D eigenvalue weighted by atomic mass is 16.3. The van der Waals surface area contributed by atoms with E-state index in [2.05, 4.69) is 37.6 Å². The minimum atomic E-state index is 0.119. The summed E-state index contributed by atoms with van der Waals surface area (Å²) in [6.45, 7) is 10.1. The van der Waals surface area contributed by atoms with Crippen LogP contribution in [0.5, 0.6) is 0 Å². The summed E-state index contributed by atoms with van der Waals surface area (Å²) in [7, 11) is 0. The van der Waals surface area contributed by atoms with Gasteiger partial charge in [-0.2, -0.15) is 0 Å². The van der Waals surface area contributed by atoms with E-state index in [0.29, 0.717) is 6.54 Å². The van der Waals surface area contributed by atoms with Crippen molar-refractivity contribution in [3.8, 4) is 0 Å². The van der Waals surface area contributed by atoms with Crippen molar-refractivity contribution in [2.24, 2.45) is 4.99 Å². The Morgan fingerprint density at radius 3 is 2.33 bits per heavy atom. The summed E-state index contributed by atoms with van der Waals surface area (Å²) < 4.78 is 0. The molecule has 3 nitrogen and oxygen atoms in total. The van der Waals surface area contributed by atoms with Gasteiger partial charge in [0.05, 0.1) is 19.5 Å². The molecule has 0 fully saturated rings. The van der Waals surface area contributed by atoms with Crippen molar-refractivity contribution < 1.29 is 5.11 Å². The van der Waals surface area contributed by atoms with Gasteiger partial charge in [-0.1, -0.05) is 0 Å². The first kappa shape index (κ1) is 11.4. The quantitative estimate of drug-likeness (QED) is 0.509. The van der Waals surface area contributed by atoms with Crippen LogP contribution in [-0.2, 0) is 0 Å². The molecule has 0 bridgehead atoms. The summed E-state index contributed by atoms with van der Waals surface area (Å²) in [6, 6.07) is 0. The lowest BCUT2D eigenvalue weighted by Crippen LogP contribution is -2.40. The standard InChI is InChI=1S/C9H20N2O/c1-5-11(9(2,3)4)8-10-6-7-12/h8,12H,5-7H2,1-4H3. The molecule has 0 aromatic heterocycles. The topological polar surface area (TPSA) is 35.8 Å². The largest absolute Gasteiger partial charge is 0.394 e. The summed E-state index contributed by atoms with van der Waals surface area (Å²) in [5, 5.41) is 8.52. The van der Waals surface area contributed by atoms with Gasteiger partial charge in [-0.25, -0.2) is 0 Å². The highest BCUT2D eigenvalue weighted by Gasteiger charge is 2.15. The zero-order valence-corrected chi connectivity index (χ0v) is 8.54. The Hall–Kier alpha value is -0.570. The Balaban J connectivity index is 4.00. The monoisotopic (exact) mass is 172 g/mol. The Bertz CT molecular complexity index is 138. The maximum atomic E-state index is 8.52. The SMILES string of the molecule is CCN(C=NCCO)C(C)(C)C. The molecule has 1 N–H and O–H groups in total. The molecule has 0 unspecified atom stereocenters. The second kappa shape index (κ2) is 5.14. The van der Waals surface area contributed by atoms with Crippen LogP contribution in [-0.4, -0.2) is 41.6 Å². The van der Waals surface area contributed by atoms with E-state index in [9.17, 15) is 0 Å². The zero-order valence-electron chi connectivity index (χ0n) is 8.54. The number of hydrogen-bond donors (Lipinski definition) is 1. The van der Waals surface area contributed by atoms with Gasteiger partial charge in [0.15, 0.2) is 0 Å². The second-order valence-corrected chi connectivity index (χ2v) is 3.70. The number of aliphatic hydroxyl groups excluding tert-OH is 1. The summed E-state index contributed by atoms with van der Waals surface area (Å²) in [6.07, 6.45) is 1.82. The third kappa shape index (κ3) is 4.34. The summed E-state index contributed by atoms with van der Waals surface area (Å²) in [5.74, 6) is 0. The molecule has 72 valence electrons. The van der Waals surface area contributed by atoms with Crippen molar-refractivity contribution in [1.29, 1.82) is 0 Å². The molecular formula is C9H20N2O. The molecule has 0 heterocycles. The van der Waals surface area contributed by atoms with E-state index in [1.165, 1.54) is 0 Å². The van der Waals surface area contributed by atoms with E-state index in [1.807, 2.05) is 6.34 Å². The molecule has 0 aromatic rings. The molecular weight excluding hydrogens is 152 g/mol. The van der Waals surface area contributed by atoms with Crippen LogP contribution in [0.25, 0.3) is 0 Å². The van der Waals surface area contributed by atoms with Crippen molar-refractivity contribution in [2.75, 3.05) is 19.7 Å². The van der Waals surface area contributed by atoms with Gasteiger partial charge in [-0.05, 0) is 27.7 Å². The van der Waals surface area contributed by atoms with E-state index in [4.69, 9.17) is 5.11 Å². The molecule has 0 radical (unpaired) electrons. The Morgan fingerprint density at radius 2 is 2.00 bits per heavy atom. The molecule has 0 atom stereocenters. The maximum absolute atomic E-state index is 8.52. The maximum Gasteiger partial charge on any atom is 0.0855 e. The lowest BCUT2D eigenvalue weighted by atomic mass is 10.1. The molecule has 3 heteroatoms. The lowest BCUT2D eigenvalue weighted by molar-refractivity contribution is 0.253. The Labute approximate surface area is 75.1 Å². The molecule has 0 aromatic carbocycles. The highest BCUT2D eigenvalue weighted by molar-refractivity contribution is 5.56. The minimum Gasteiger partial charge on any atom is -0.394 e. The van der Waals surface area contributed by atoms with Crippen LogP contribution in [0.4, 0.5) is 0 Å². The van der Waals surface area contributed by atoms with Crippen LogP contribution in [0, 0.1) is 0 Å². The van der Waals surface area contributed by atoms with Gasteiger partial charge in [0.25, 0.3) is 0 Å². The third-order valence-corrected chi connectivity index (χ3v) is 1.65. The van der Waals surface area contributed by atoms with Crippen LogP contribution >= 0.6 is 0 Å². The average molecular weight is 172 g/mol. The van der Waals surface area contributed by atoms with Gasteiger partial charge in [0, 0.05) is 12.1 Å². The van der Waals surface area contributed by atoms with Gasteiger partial charge in [-0.3, -0.25) is 4.99 Å². The average Bonchev–Trinajstić information content (AvgIpc) is 1.95. The van der Waals surface area contributed by atoms with Gasteiger partial charge in [-0.15, -0.1) is 0 Å². The van der Waals surface area contributed by atoms with E-state index in [0.717, 1.165) is 6.54 Å². The molecule has 0 amide bonds. The minimum absolute atomic E-state index is 0.119. The molecule has 0 aliphatic rings. The highest BCUT2D eigenvalue weighted by Crippen LogP contribution is 2.09. The number of aliphatic hydroxyl groups is 1.